The van der Waals surface area contributed by atoms with E-state index in [1.165, 1.54) is 0 Å². The van der Waals surface area contributed by atoms with E-state index in [2.05, 4.69) is 0 Å². The molecule has 0 amide bonds. The Labute approximate surface area is 190 Å². The maximum Gasteiger partial charge on any atom is 0.186 e. The first-order valence-corrected chi connectivity index (χ1v) is 10.9. The quantitative estimate of drug-likeness (QED) is 0.167. The van der Waals surface area contributed by atoms with Gasteiger partial charge in [-0.3, -0.25) is 0 Å². The van der Waals surface area contributed by atoms with Crippen LogP contribution in [0.1, 0.15) is 6.42 Å². The van der Waals surface area contributed by atoms with E-state index in [0.29, 0.717) is 0 Å². The molecule has 0 radical (unpaired) electrons. The summed E-state index contributed by atoms with van der Waals surface area (Å²) < 4.78 is 22.5. The molecule has 0 aromatic heterocycles. The maximum atomic E-state index is 11.0. The largest absolute Gasteiger partial charge is 0.394 e. The Balaban J connectivity index is 1.72. The Morgan fingerprint density at radius 2 is 1.21 bits per heavy atom. The van der Waals surface area contributed by atoms with Gasteiger partial charge in [0.15, 0.2) is 12.6 Å². The minimum Gasteiger partial charge on any atom is -0.394 e. The van der Waals surface area contributed by atoms with Gasteiger partial charge >= 0.3 is 0 Å². The highest BCUT2D eigenvalue weighted by Gasteiger charge is 2.51. The summed E-state index contributed by atoms with van der Waals surface area (Å²) in [6.07, 6.45) is -13.9. The average molecular weight is 484 g/mol. The first-order valence-electron chi connectivity index (χ1n) is 10.9. The lowest BCUT2D eigenvalue weighted by molar-refractivity contribution is -0.318. The summed E-state index contributed by atoms with van der Waals surface area (Å²) in [7, 11) is 0. The number of aliphatic hydroxyl groups excluding tert-OH is 6. The molecule has 1 unspecified atom stereocenters. The molecule has 0 aromatic carbocycles. The molecule has 1 saturated carbocycles. The van der Waals surface area contributed by atoms with Crippen LogP contribution in [0, 0.1) is 0 Å². The van der Waals surface area contributed by atoms with Crippen LogP contribution in [-0.2, 0) is 18.9 Å². The van der Waals surface area contributed by atoms with Gasteiger partial charge in [-0.05, 0) is 6.42 Å². The zero-order chi connectivity index (χ0) is 24.6. The highest BCUT2D eigenvalue weighted by atomic mass is 16.7. The van der Waals surface area contributed by atoms with E-state index in [1.54, 1.807) is 0 Å². The zero-order valence-corrected chi connectivity index (χ0v) is 18.0. The lowest BCUT2D eigenvalue weighted by atomic mass is 9.84. The first kappa shape index (κ1) is 27.0. The Hall–Kier alpha value is -0.600. The van der Waals surface area contributed by atoms with Crippen molar-refractivity contribution in [3.8, 4) is 0 Å². The van der Waals surface area contributed by atoms with Crippen molar-refractivity contribution in [1.29, 1.82) is 0 Å². The van der Waals surface area contributed by atoms with E-state index in [-0.39, 0.29) is 13.0 Å². The molecule has 0 aromatic rings. The molecule has 3 fully saturated rings. The zero-order valence-electron chi connectivity index (χ0n) is 18.0. The van der Waals surface area contributed by atoms with Crippen LogP contribution in [0.2, 0.25) is 0 Å². The lowest BCUT2D eigenvalue weighted by Crippen LogP contribution is -2.69. The second-order valence-electron chi connectivity index (χ2n) is 8.88. The van der Waals surface area contributed by atoms with Gasteiger partial charge in [-0.1, -0.05) is 0 Å². The Morgan fingerprint density at radius 3 is 1.76 bits per heavy atom. The van der Waals surface area contributed by atoms with Crippen LogP contribution in [-0.4, -0.2) is 135 Å². The van der Waals surface area contributed by atoms with Gasteiger partial charge < -0.3 is 78.3 Å². The number of aliphatic hydroxyl groups is 6. The van der Waals surface area contributed by atoms with Crippen LogP contribution in [0.3, 0.4) is 0 Å². The van der Waals surface area contributed by atoms with Crippen molar-refractivity contribution in [1.82, 2.24) is 0 Å². The van der Waals surface area contributed by atoms with Crippen LogP contribution in [0.15, 0.2) is 0 Å². The van der Waals surface area contributed by atoms with Gasteiger partial charge in [-0.2, -0.15) is 0 Å². The summed E-state index contributed by atoms with van der Waals surface area (Å²) in [5, 5.41) is 60.9. The normalized spacial score (nSPS) is 53.7. The second-order valence-corrected chi connectivity index (χ2v) is 8.88. The van der Waals surface area contributed by atoms with Gasteiger partial charge in [0.05, 0.1) is 18.7 Å². The summed E-state index contributed by atoms with van der Waals surface area (Å²) in [5.41, 5.74) is 29.6. The van der Waals surface area contributed by atoms with Crippen molar-refractivity contribution in [2.75, 3.05) is 13.2 Å². The molecule has 0 bridgehead atoms. The molecule has 15 nitrogen and oxygen atoms in total. The third-order valence-corrected chi connectivity index (χ3v) is 6.56. The fourth-order valence-corrected chi connectivity index (χ4v) is 4.45. The maximum absolute atomic E-state index is 11.0. The smallest absolute Gasteiger partial charge is 0.186 e. The fraction of sp³-hybridized carbons (Fsp3) is 1.00. The number of ether oxygens (including phenoxy) is 4. The minimum absolute atomic E-state index is 0.115. The van der Waals surface area contributed by atoms with Crippen molar-refractivity contribution < 1.29 is 49.6 Å². The van der Waals surface area contributed by atoms with Crippen LogP contribution in [0.5, 0.6) is 0 Å². The minimum atomic E-state index is -1.48. The Morgan fingerprint density at radius 1 is 0.667 bits per heavy atom. The molecular weight excluding hydrogens is 446 g/mol. The van der Waals surface area contributed by atoms with Crippen molar-refractivity contribution in [3.05, 3.63) is 0 Å². The van der Waals surface area contributed by atoms with E-state index in [9.17, 15) is 30.6 Å². The van der Waals surface area contributed by atoms with Crippen molar-refractivity contribution in [3.63, 3.8) is 0 Å². The highest BCUT2D eigenvalue weighted by Crippen LogP contribution is 2.30. The van der Waals surface area contributed by atoms with Crippen molar-refractivity contribution in [2.24, 2.45) is 28.7 Å². The third kappa shape index (κ3) is 5.32. The molecule has 2 saturated heterocycles. The van der Waals surface area contributed by atoms with Crippen LogP contribution >= 0.6 is 0 Å². The van der Waals surface area contributed by atoms with Gasteiger partial charge in [-0.15, -0.1) is 0 Å². The van der Waals surface area contributed by atoms with E-state index >= 15 is 0 Å². The summed E-state index contributed by atoms with van der Waals surface area (Å²) in [6, 6.07) is -3.92. The Kier molecular flexibility index (Phi) is 8.99. The van der Waals surface area contributed by atoms with Crippen molar-refractivity contribution >= 4 is 0 Å². The second kappa shape index (κ2) is 11.0. The lowest BCUT2D eigenvalue weighted by Gasteiger charge is -2.48. The van der Waals surface area contributed by atoms with Crippen LogP contribution < -0.4 is 28.7 Å². The number of hydrogen-bond donors (Lipinski definition) is 11. The topological polar surface area (TPSA) is 288 Å². The monoisotopic (exact) mass is 483 g/mol. The Bertz CT molecular complexity index is 585. The van der Waals surface area contributed by atoms with Gasteiger partial charge in [-0.25, -0.2) is 0 Å². The number of hydrogen-bond acceptors (Lipinski definition) is 15. The number of rotatable bonds is 6. The molecule has 2 aliphatic heterocycles. The number of nitrogens with two attached hydrogens (primary N) is 5. The molecular formula is C18H37N5O10. The average Bonchev–Trinajstić information content (AvgIpc) is 2.79. The van der Waals surface area contributed by atoms with Crippen LogP contribution in [0.25, 0.3) is 0 Å². The molecule has 33 heavy (non-hydrogen) atoms. The van der Waals surface area contributed by atoms with E-state index < -0.39 is 98.3 Å². The first-order chi connectivity index (χ1) is 15.5. The van der Waals surface area contributed by atoms with Gasteiger partial charge in [0.25, 0.3) is 0 Å². The van der Waals surface area contributed by atoms with Gasteiger partial charge in [0.1, 0.15) is 54.9 Å². The fourth-order valence-electron chi connectivity index (χ4n) is 4.45. The molecule has 194 valence electrons. The standard InChI is InChI=1S/C18H37N5O10/c19-2-6-11(26)12(27)9(23)17(30-6)32-15-4(20)1-5(21)16(14(15)29)33-18-13(28)8(22)10(25)7(3-24)31-18/h4-18,24-29H,1-3,19-23H2/t4-,5+,6+,7+,8-,9+,10+,11+,12+,13+,14-,15?,16-,17+,18+/m0/s1. The van der Waals surface area contributed by atoms with Gasteiger partial charge in [0.2, 0.25) is 0 Å². The molecule has 2 heterocycles. The summed E-state index contributed by atoms with van der Waals surface area (Å²) in [5.74, 6) is 0. The van der Waals surface area contributed by atoms with E-state index in [1.807, 2.05) is 0 Å². The molecule has 15 heteroatoms. The van der Waals surface area contributed by atoms with Crippen molar-refractivity contribution in [2.45, 2.75) is 98.1 Å². The molecule has 3 aliphatic rings. The molecule has 1 aliphatic carbocycles. The molecule has 16 N–H and O–H groups in total. The third-order valence-electron chi connectivity index (χ3n) is 6.56. The summed E-state index contributed by atoms with van der Waals surface area (Å²) >= 11 is 0. The van der Waals surface area contributed by atoms with E-state index in [0.717, 1.165) is 0 Å². The predicted octanol–water partition coefficient (Wildman–Crippen LogP) is -7.33. The molecule has 0 spiro atoms. The highest BCUT2D eigenvalue weighted by molar-refractivity contribution is 5.01. The molecule has 3 rings (SSSR count). The summed E-state index contributed by atoms with van der Waals surface area (Å²) in [4.78, 5) is 0. The predicted molar refractivity (Wildman–Crippen MR) is 110 cm³/mol. The van der Waals surface area contributed by atoms with Gasteiger partial charge in [0, 0.05) is 18.6 Å². The van der Waals surface area contributed by atoms with E-state index in [4.69, 9.17) is 47.6 Å². The SMILES string of the molecule is NC[C@H]1O[C@H](OC2[C@@H](N)C[C@@H](N)[C@H](O[C@H]3O[C@H](CO)[C@@H](O)[C@H](N)[C@H]3O)[C@H]2O)[C@H](N)[C@@H](O)[C@@H]1O. The summed E-state index contributed by atoms with van der Waals surface area (Å²) in [6.45, 7) is -0.694. The van der Waals surface area contributed by atoms with Crippen LogP contribution in [0.4, 0.5) is 0 Å². The molecule has 15 atom stereocenters.